The van der Waals surface area contributed by atoms with E-state index in [-0.39, 0.29) is 12.2 Å². The lowest BCUT2D eigenvalue weighted by molar-refractivity contribution is 0.0771. The van der Waals surface area contributed by atoms with Crippen LogP contribution in [0, 0.1) is 0 Å². The van der Waals surface area contributed by atoms with E-state index in [2.05, 4.69) is 0 Å². The molecule has 5 heteroatoms. The second kappa shape index (κ2) is 7.53. The van der Waals surface area contributed by atoms with Gasteiger partial charge in [-0.15, -0.1) is 11.3 Å². The van der Waals surface area contributed by atoms with Gasteiger partial charge < -0.3 is 18.9 Å². The molecule has 0 aliphatic rings. The van der Waals surface area contributed by atoms with Crippen LogP contribution in [0.4, 0.5) is 0 Å². The lowest BCUT2D eigenvalue weighted by Gasteiger charge is -2.16. The summed E-state index contributed by atoms with van der Waals surface area (Å²) in [4.78, 5) is 0. The topological polar surface area (TPSA) is 36.9 Å². The Bertz CT molecular complexity index is 285. The van der Waals surface area contributed by atoms with Gasteiger partial charge in [0.2, 0.25) is 5.06 Å². The van der Waals surface area contributed by atoms with Crippen molar-refractivity contribution in [1.82, 2.24) is 0 Å². The summed E-state index contributed by atoms with van der Waals surface area (Å²) in [7, 11) is 3.32. The van der Waals surface area contributed by atoms with Gasteiger partial charge in [0, 0.05) is 14.2 Å². The van der Waals surface area contributed by atoms with Crippen LogP contribution in [0.3, 0.4) is 0 Å². The minimum Gasteiger partial charge on any atom is -0.483 e. The van der Waals surface area contributed by atoms with Crippen molar-refractivity contribution in [3.8, 4) is 10.8 Å². The molecule has 0 aliphatic carbocycles. The third-order valence-corrected chi connectivity index (χ3v) is 2.82. The first kappa shape index (κ1) is 14.3. The molecular formula is C12H20O4S. The second-order valence-electron chi connectivity index (χ2n) is 3.84. The standard InChI is InChI=1S/C12H20O4S/c1-9(7-13-3)15-11-5-6-17-12(11)16-10(2)8-14-4/h5-6,9-10H,7-8H2,1-4H3. The van der Waals surface area contributed by atoms with E-state index >= 15 is 0 Å². The Balaban J connectivity index is 2.53. The van der Waals surface area contributed by atoms with Crippen LogP contribution in [0.2, 0.25) is 0 Å². The van der Waals surface area contributed by atoms with E-state index in [1.807, 2.05) is 25.3 Å². The predicted octanol–water partition coefficient (Wildman–Crippen LogP) is 2.58. The molecule has 1 aromatic rings. The number of ether oxygens (including phenoxy) is 4. The molecule has 1 rings (SSSR count). The quantitative estimate of drug-likeness (QED) is 0.720. The Hall–Kier alpha value is -0.780. The first-order valence-corrected chi connectivity index (χ1v) is 6.44. The lowest BCUT2D eigenvalue weighted by Crippen LogP contribution is -2.20. The minimum atomic E-state index is 0.00896. The zero-order valence-corrected chi connectivity index (χ0v) is 11.6. The number of methoxy groups -OCH3 is 2. The van der Waals surface area contributed by atoms with Crippen LogP contribution in [0.15, 0.2) is 11.4 Å². The van der Waals surface area contributed by atoms with Crippen molar-refractivity contribution in [1.29, 1.82) is 0 Å². The van der Waals surface area contributed by atoms with E-state index in [0.717, 1.165) is 10.8 Å². The SMILES string of the molecule is COCC(C)Oc1ccsc1OC(C)COC. The maximum atomic E-state index is 5.73. The number of rotatable bonds is 8. The van der Waals surface area contributed by atoms with Crippen molar-refractivity contribution in [2.45, 2.75) is 26.1 Å². The fraction of sp³-hybridized carbons (Fsp3) is 0.667. The van der Waals surface area contributed by atoms with E-state index in [1.165, 1.54) is 11.3 Å². The molecule has 0 radical (unpaired) electrons. The van der Waals surface area contributed by atoms with Gasteiger partial charge in [0.1, 0.15) is 12.2 Å². The van der Waals surface area contributed by atoms with Crippen molar-refractivity contribution < 1.29 is 18.9 Å². The molecule has 0 N–H and O–H groups in total. The van der Waals surface area contributed by atoms with Gasteiger partial charge in [0.25, 0.3) is 0 Å². The molecule has 1 aromatic heterocycles. The first-order valence-electron chi connectivity index (χ1n) is 5.56. The zero-order chi connectivity index (χ0) is 12.7. The van der Waals surface area contributed by atoms with Crippen LogP contribution in [0.5, 0.6) is 10.8 Å². The highest BCUT2D eigenvalue weighted by Gasteiger charge is 2.13. The highest BCUT2D eigenvalue weighted by molar-refractivity contribution is 7.12. The van der Waals surface area contributed by atoms with E-state index < -0.39 is 0 Å². The van der Waals surface area contributed by atoms with Crippen LogP contribution in [0.25, 0.3) is 0 Å². The summed E-state index contributed by atoms with van der Waals surface area (Å²) in [6.45, 7) is 5.04. The smallest absolute Gasteiger partial charge is 0.217 e. The average molecular weight is 260 g/mol. The van der Waals surface area contributed by atoms with Crippen molar-refractivity contribution in [3.63, 3.8) is 0 Å². The Morgan fingerprint density at radius 1 is 1.06 bits per heavy atom. The van der Waals surface area contributed by atoms with Crippen LogP contribution in [0.1, 0.15) is 13.8 Å². The molecular weight excluding hydrogens is 240 g/mol. The Morgan fingerprint density at radius 2 is 1.65 bits per heavy atom. The molecule has 17 heavy (non-hydrogen) atoms. The first-order chi connectivity index (χ1) is 8.17. The number of hydrogen-bond acceptors (Lipinski definition) is 5. The van der Waals surface area contributed by atoms with Gasteiger partial charge >= 0.3 is 0 Å². The van der Waals surface area contributed by atoms with Crippen molar-refractivity contribution >= 4 is 11.3 Å². The number of thiophene rings is 1. The molecule has 0 spiro atoms. The summed E-state index contributed by atoms with van der Waals surface area (Å²) in [6.07, 6.45) is 0.0217. The highest BCUT2D eigenvalue weighted by atomic mass is 32.1. The highest BCUT2D eigenvalue weighted by Crippen LogP contribution is 2.35. The molecule has 0 aliphatic heterocycles. The summed E-state index contributed by atoms with van der Waals surface area (Å²) in [5.74, 6) is 0.766. The Labute approximate surface area is 106 Å². The fourth-order valence-corrected chi connectivity index (χ4v) is 2.16. The maximum Gasteiger partial charge on any atom is 0.217 e. The third-order valence-electron chi connectivity index (χ3n) is 2.03. The third kappa shape index (κ3) is 4.93. The van der Waals surface area contributed by atoms with Gasteiger partial charge in [-0.2, -0.15) is 0 Å². The van der Waals surface area contributed by atoms with E-state index in [9.17, 15) is 0 Å². The predicted molar refractivity (Wildman–Crippen MR) is 68.3 cm³/mol. The molecule has 0 bridgehead atoms. The Morgan fingerprint density at radius 3 is 2.24 bits per heavy atom. The molecule has 0 aromatic carbocycles. The molecule has 0 saturated heterocycles. The summed E-state index contributed by atoms with van der Waals surface area (Å²) in [5.41, 5.74) is 0. The Kier molecular flexibility index (Phi) is 6.32. The molecule has 0 fully saturated rings. The zero-order valence-electron chi connectivity index (χ0n) is 10.8. The molecule has 2 unspecified atom stereocenters. The lowest BCUT2D eigenvalue weighted by atomic mass is 10.4. The molecule has 98 valence electrons. The van der Waals surface area contributed by atoms with Crippen LogP contribution in [-0.4, -0.2) is 39.6 Å². The van der Waals surface area contributed by atoms with Gasteiger partial charge in [0.05, 0.1) is 13.2 Å². The summed E-state index contributed by atoms with van der Waals surface area (Å²) >= 11 is 1.52. The van der Waals surface area contributed by atoms with E-state index in [1.54, 1.807) is 14.2 Å². The van der Waals surface area contributed by atoms with Gasteiger partial charge in [0.15, 0.2) is 5.75 Å². The van der Waals surface area contributed by atoms with E-state index in [0.29, 0.717) is 13.2 Å². The minimum absolute atomic E-state index is 0.00896. The molecule has 0 amide bonds. The average Bonchev–Trinajstić information content (AvgIpc) is 2.66. The summed E-state index contributed by atoms with van der Waals surface area (Å²) < 4.78 is 21.5. The van der Waals surface area contributed by atoms with Gasteiger partial charge in [-0.05, 0) is 25.3 Å². The number of hydrogen-bond donors (Lipinski definition) is 0. The van der Waals surface area contributed by atoms with Crippen LogP contribution < -0.4 is 9.47 Å². The molecule has 4 nitrogen and oxygen atoms in total. The molecule has 0 saturated carbocycles. The fourth-order valence-electron chi connectivity index (χ4n) is 1.39. The van der Waals surface area contributed by atoms with Gasteiger partial charge in [-0.25, -0.2) is 0 Å². The van der Waals surface area contributed by atoms with Crippen molar-refractivity contribution in [2.75, 3.05) is 27.4 Å². The van der Waals surface area contributed by atoms with Crippen molar-refractivity contribution in [3.05, 3.63) is 11.4 Å². The van der Waals surface area contributed by atoms with Crippen LogP contribution in [-0.2, 0) is 9.47 Å². The monoisotopic (exact) mass is 260 g/mol. The largest absolute Gasteiger partial charge is 0.483 e. The maximum absolute atomic E-state index is 5.73. The van der Waals surface area contributed by atoms with Gasteiger partial charge in [-0.3, -0.25) is 0 Å². The molecule has 2 atom stereocenters. The summed E-state index contributed by atoms with van der Waals surface area (Å²) in [5, 5.41) is 2.74. The normalized spacial score (nSPS) is 14.4. The second-order valence-corrected chi connectivity index (χ2v) is 4.72. The summed E-state index contributed by atoms with van der Waals surface area (Å²) in [6, 6.07) is 1.91. The van der Waals surface area contributed by atoms with Crippen molar-refractivity contribution in [2.24, 2.45) is 0 Å². The van der Waals surface area contributed by atoms with Crippen LogP contribution >= 0.6 is 11.3 Å². The molecule has 1 heterocycles. The van der Waals surface area contributed by atoms with Gasteiger partial charge in [-0.1, -0.05) is 0 Å². The van der Waals surface area contributed by atoms with E-state index in [4.69, 9.17) is 18.9 Å².